The van der Waals surface area contributed by atoms with Gasteiger partial charge in [0.15, 0.2) is 0 Å². The zero-order valence-electron chi connectivity index (χ0n) is 7.29. The zero-order valence-corrected chi connectivity index (χ0v) is 7.29. The van der Waals surface area contributed by atoms with Crippen LogP contribution in [0.2, 0.25) is 0 Å². The highest BCUT2D eigenvalue weighted by atomic mass is 15.2. The highest BCUT2D eigenvalue weighted by Crippen LogP contribution is 2.27. The molecule has 12 heavy (non-hydrogen) atoms. The van der Waals surface area contributed by atoms with Gasteiger partial charge < -0.3 is 5.32 Å². The molecule has 66 valence electrons. The Morgan fingerprint density at radius 3 is 3.00 bits per heavy atom. The highest BCUT2D eigenvalue weighted by Gasteiger charge is 2.31. The molecule has 1 aliphatic heterocycles. The summed E-state index contributed by atoms with van der Waals surface area (Å²) in [6, 6.07) is 3.50. The molecule has 2 aliphatic rings. The first-order chi connectivity index (χ1) is 5.90. The third-order valence-electron chi connectivity index (χ3n) is 2.69. The van der Waals surface area contributed by atoms with Crippen molar-refractivity contribution < 1.29 is 0 Å². The molecule has 1 atom stereocenters. The maximum atomic E-state index is 8.55. The third-order valence-corrected chi connectivity index (χ3v) is 2.69. The Balaban J connectivity index is 1.81. The van der Waals surface area contributed by atoms with Crippen LogP contribution in [0.25, 0.3) is 0 Å². The van der Waals surface area contributed by atoms with Gasteiger partial charge in [-0.15, -0.1) is 0 Å². The lowest BCUT2D eigenvalue weighted by Gasteiger charge is -2.32. The minimum atomic E-state index is 0.421. The molecule has 0 amide bonds. The molecule has 0 radical (unpaired) electrons. The number of nitrogens with zero attached hydrogens (tertiary/aromatic N) is 2. The molecule has 1 aliphatic carbocycles. The normalized spacial score (nSPS) is 31.4. The minimum absolute atomic E-state index is 0.421. The summed E-state index contributed by atoms with van der Waals surface area (Å²) >= 11 is 0. The van der Waals surface area contributed by atoms with Crippen LogP contribution >= 0.6 is 0 Å². The molecule has 1 saturated heterocycles. The third kappa shape index (κ3) is 1.77. The second-order valence-electron chi connectivity index (χ2n) is 3.74. The van der Waals surface area contributed by atoms with E-state index in [2.05, 4.69) is 16.3 Å². The van der Waals surface area contributed by atoms with Gasteiger partial charge in [0, 0.05) is 31.7 Å². The molecule has 0 aromatic heterocycles. The first kappa shape index (κ1) is 8.03. The molecule has 0 aromatic rings. The number of hydrogen-bond acceptors (Lipinski definition) is 3. The first-order valence-corrected chi connectivity index (χ1v) is 4.74. The van der Waals surface area contributed by atoms with Crippen LogP contribution in [0.15, 0.2) is 0 Å². The van der Waals surface area contributed by atoms with E-state index in [0.29, 0.717) is 12.5 Å². The van der Waals surface area contributed by atoms with Crippen LogP contribution in [0, 0.1) is 11.3 Å². The van der Waals surface area contributed by atoms with Gasteiger partial charge in [-0.1, -0.05) is 0 Å². The van der Waals surface area contributed by atoms with E-state index < -0.39 is 0 Å². The van der Waals surface area contributed by atoms with Crippen molar-refractivity contribution in [1.82, 2.24) is 10.2 Å². The molecule has 3 heteroatoms. The van der Waals surface area contributed by atoms with Crippen molar-refractivity contribution in [1.29, 1.82) is 5.26 Å². The van der Waals surface area contributed by atoms with Crippen molar-refractivity contribution in [3.63, 3.8) is 0 Å². The van der Waals surface area contributed by atoms with Gasteiger partial charge >= 0.3 is 0 Å². The number of nitriles is 1. The van der Waals surface area contributed by atoms with Gasteiger partial charge in [0.25, 0.3) is 0 Å². The number of rotatable bonds is 2. The van der Waals surface area contributed by atoms with Crippen LogP contribution in [0.4, 0.5) is 0 Å². The maximum Gasteiger partial charge on any atom is 0.0638 e. The number of piperazine rings is 1. The second-order valence-corrected chi connectivity index (χ2v) is 3.74. The standard InChI is InChI=1S/C9H15N3/c10-4-3-8-7-12(6-5-11-8)9-1-2-9/h8-9,11H,1-3,5-7H2. The molecule has 1 heterocycles. The van der Waals surface area contributed by atoms with Gasteiger partial charge in [0.05, 0.1) is 12.5 Å². The predicted molar refractivity (Wildman–Crippen MR) is 46.6 cm³/mol. The largest absolute Gasteiger partial charge is 0.310 e. The monoisotopic (exact) mass is 165 g/mol. The molecule has 1 saturated carbocycles. The molecule has 2 rings (SSSR count). The van der Waals surface area contributed by atoms with Crippen molar-refractivity contribution in [3.05, 3.63) is 0 Å². The number of hydrogen-bond donors (Lipinski definition) is 1. The molecule has 3 nitrogen and oxygen atoms in total. The average molecular weight is 165 g/mol. The van der Waals surface area contributed by atoms with Gasteiger partial charge in [-0.3, -0.25) is 4.90 Å². The lowest BCUT2D eigenvalue weighted by atomic mass is 10.1. The van der Waals surface area contributed by atoms with Crippen molar-refractivity contribution in [2.24, 2.45) is 0 Å². The van der Waals surface area contributed by atoms with Gasteiger partial charge in [-0.05, 0) is 12.8 Å². The fourth-order valence-corrected chi connectivity index (χ4v) is 1.87. The Bertz CT molecular complexity index is 192. The van der Waals surface area contributed by atoms with E-state index in [1.807, 2.05) is 0 Å². The first-order valence-electron chi connectivity index (χ1n) is 4.74. The summed E-state index contributed by atoms with van der Waals surface area (Å²) in [6.45, 7) is 3.31. The molecule has 0 bridgehead atoms. The van der Waals surface area contributed by atoms with E-state index in [9.17, 15) is 0 Å². The summed E-state index contributed by atoms with van der Waals surface area (Å²) in [5.41, 5.74) is 0. The predicted octanol–water partition coefficient (Wildman–Crippen LogP) is 0.336. The molecule has 1 N–H and O–H groups in total. The van der Waals surface area contributed by atoms with Crippen LogP contribution < -0.4 is 5.32 Å². The summed E-state index contributed by atoms with van der Waals surface area (Å²) in [5.74, 6) is 0. The smallest absolute Gasteiger partial charge is 0.0638 e. The number of nitrogens with one attached hydrogen (secondary N) is 1. The second kappa shape index (κ2) is 3.42. The maximum absolute atomic E-state index is 8.55. The Morgan fingerprint density at radius 2 is 2.33 bits per heavy atom. The van der Waals surface area contributed by atoms with Crippen LogP contribution in [-0.2, 0) is 0 Å². The quantitative estimate of drug-likeness (QED) is 0.641. The van der Waals surface area contributed by atoms with Crippen LogP contribution in [0.3, 0.4) is 0 Å². The zero-order chi connectivity index (χ0) is 8.39. The van der Waals surface area contributed by atoms with Crippen LogP contribution in [-0.4, -0.2) is 36.6 Å². The van der Waals surface area contributed by atoms with E-state index in [1.54, 1.807) is 0 Å². The lowest BCUT2D eigenvalue weighted by Crippen LogP contribution is -2.51. The summed E-state index contributed by atoms with van der Waals surface area (Å²) in [7, 11) is 0. The van der Waals surface area contributed by atoms with Gasteiger partial charge in [-0.2, -0.15) is 5.26 Å². The van der Waals surface area contributed by atoms with E-state index in [0.717, 1.165) is 19.1 Å². The van der Waals surface area contributed by atoms with Crippen molar-refractivity contribution in [2.75, 3.05) is 19.6 Å². The van der Waals surface area contributed by atoms with Gasteiger partial charge in [0.2, 0.25) is 0 Å². The Kier molecular flexibility index (Phi) is 2.29. The van der Waals surface area contributed by atoms with Crippen LogP contribution in [0.1, 0.15) is 19.3 Å². The topological polar surface area (TPSA) is 39.1 Å². The summed E-state index contributed by atoms with van der Waals surface area (Å²) in [4.78, 5) is 2.53. The summed E-state index contributed by atoms with van der Waals surface area (Å²) in [6.07, 6.45) is 3.40. The Labute approximate surface area is 73.3 Å². The highest BCUT2D eigenvalue weighted by molar-refractivity contribution is 4.92. The molecular formula is C9H15N3. The van der Waals surface area contributed by atoms with Crippen LogP contribution in [0.5, 0.6) is 0 Å². The fourth-order valence-electron chi connectivity index (χ4n) is 1.87. The van der Waals surface area contributed by atoms with E-state index in [4.69, 9.17) is 5.26 Å². The minimum Gasteiger partial charge on any atom is -0.310 e. The molecule has 2 fully saturated rings. The SMILES string of the molecule is N#CCC1CN(C2CC2)CCN1. The summed E-state index contributed by atoms with van der Waals surface area (Å²) in [5, 5.41) is 11.9. The molecule has 0 spiro atoms. The summed E-state index contributed by atoms with van der Waals surface area (Å²) < 4.78 is 0. The molecule has 1 unspecified atom stereocenters. The van der Waals surface area contributed by atoms with E-state index in [-0.39, 0.29) is 0 Å². The Hall–Kier alpha value is -0.590. The van der Waals surface area contributed by atoms with Gasteiger partial charge in [0.1, 0.15) is 0 Å². The average Bonchev–Trinajstić information content (AvgIpc) is 2.88. The molecule has 0 aromatic carbocycles. The van der Waals surface area contributed by atoms with Crippen molar-refractivity contribution in [3.8, 4) is 6.07 Å². The van der Waals surface area contributed by atoms with E-state index in [1.165, 1.54) is 19.4 Å². The van der Waals surface area contributed by atoms with E-state index >= 15 is 0 Å². The lowest BCUT2D eigenvalue weighted by molar-refractivity contribution is 0.192. The van der Waals surface area contributed by atoms with Crippen molar-refractivity contribution >= 4 is 0 Å². The molecular weight excluding hydrogens is 150 g/mol. The Morgan fingerprint density at radius 1 is 1.50 bits per heavy atom. The fraction of sp³-hybridized carbons (Fsp3) is 0.889. The van der Waals surface area contributed by atoms with Gasteiger partial charge in [-0.25, -0.2) is 0 Å². The van der Waals surface area contributed by atoms with Crippen molar-refractivity contribution in [2.45, 2.75) is 31.3 Å².